The molecule has 0 saturated carbocycles. The number of nitrogen functional groups attached to an aromatic ring is 1. The van der Waals surface area contributed by atoms with Gasteiger partial charge in [0.15, 0.2) is 0 Å². The van der Waals surface area contributed by atoms with Crippen LogP contribution in [0.2, 0.25) is 0 Å². The molecular formula is C13H13FN5O2+. The lowest BCUT2D eigenvalue weighted by Crippen LogP contribution is -2.27. The molecule has 1 aromatic carbocycles. The van der Waals surface area contributed by atoms with Crippen LogP contribution in [-0.2, 0) is 0 Å². The first-order valence-electron chi connectivity index (χ1n) is 6.49. The second kappa shape index (κ2) is 4.63. The van der Waals surface area contributed by atoms with Crippen molar-refractivity contribution >= 4 is 22.5 Å². The first-order chi connectivity index (χ1) is 10.0. The summed E-state index contributed by atoms with van der Waals surface area (Å²) in [5.74, 6) is -0.979. The van der Waals surface area contributed by atoms with E-state index in [9.17, 15) is 14.5 Å². The van der Waals surface area contributed by atoms with Crippen LogP contribution in [0.5, 0.6) is 0 Å². The van der Waals surface area contributed by atoms with E-state index in [1.54, 1.807) is 6.07 Å². The van der Waals surface area contributed by atoms with E-state index in [4.69, 9.17) is 11.0 Å². The Morgan fingerprint density at radius 1 is 1.38 bits per heavy atom. The number of nitrogens with two attached hydrogens (primary N) is 1. The predicted molar refractivity (Wildman–Crippen MR) is 73.0 cm³/mol. The Bertz CT molecular complexity index is 833. The average Bonchev–Trinajstić information content (AvgIpc) is 2.99. The Balaban J connectivity index is 2.34. The summed E-state index contributed by atoms with van der Waals surface area (Å²) < 4.78 is 15.0. The zero-order chi connectivity index (χ0) is 15.1. The summed E-state index contributed by atoms with van der Waals surface area (Å²) in [7, 11) is 0. The third-order valence-corrected chi connectivity index (χ3v) is 3.72. The Morgan fingerprint density at radius 2 is 2.05 bits per heavy atom. The smallest absolute Gasteiger partial charge is 0.356 e. The zero-order valence-electron chi connectivity index (χ0n) is 11.1. The molecule has 2 heterocycles. The highest BCUT2D eigenvalue weighted by atomic mass is 19.1. The maximum Gasteiger partial charge on any atom is 0.356 e. The molecule has 0 bridgehead atoms. The van der Waals surface area contributed by atoms with E-state index in [0.717, 1.165) is 18.9 Å². The van der Waals surface area contributed by atoms with Crippen LogP contribution < -0.4 is 15.1 Å². The van der Waals surface area contributed by atoms with Gasteiger partial charge in [-0.1, -0.05) is 4.91 Å². The molecular weight excluding hydrogens is 277 g/mol. The molecule has 3 N–H and O–H groups in total. The molecule has 0 aliphatic carbocycles. The molecule has 108 valence electrons. The van der Waals surface area contributed by atoms with Gasteiger partial charge in [0.1, 0.15) is 17.4 Å². The normalized spacial score (nSPS) is 14.6. The van der Waals surface area contributed by atoms with E-state index < -0.39 is 17.3 Å². The number of rotatable bonds is 1. The molecule has 1 aliphatic heterocycles. The lowest BCUT2D eigenvalue weighted by Gasteiger charge is -2.18. The minimum absolute atomic E-state index is 0.0114. The quantitative estimate of drug-likeness (QED) is 0.602. The van der Waals surface area contributed by atoms with Crippen LogP contribution >= 0.6 is 0 Å². The highest BCUT2D eigenvalue weighted by Gasteiger charge is 2.24. The van der Waals surface area contributed by atoms with Gasteiger partial charge in [-0.25, -0.2) is 4.39 Å². The lowest BCUT2D eigenvalue weighted by molar-refractivity contribution is -0.448. The van der Waals surface area contributed by atoms with Gasteiger partial charge in [0.25, 0.3) is 0 Å². The number of nitrogens with zero attached hydrogens (tertiary/aromatic N) is 4. The van der Waals surface area contributed by atoms with Crippen molar-refractivity contribution in [3.8, 4) is 6.07 Å². The summed E-state index contributed by atoms with van der Waals surface area (Å²) >= 11 is 0. The van der Waals surface area contributed by atoms with Crippen molar-refractivity contribution < 1.29 is 14.0 Å². The van der Waals surface area contributed by atoms with Crippen molar-refractivity contribution in [2.45, 2.75) is 12.8 Å². The van der Waals surface area contributed by atoms with Crippen LogP contribution in [0.3, 0.4) is 0 Å². The van der Waals surface area contributed by atoms with Gasteiger partial charge in [0.2, 0.25) is 11.2 Å². The third-order valence-electron chi connectivity index (χ3n) is 3.72. The molecule has 21 heavy (non-hydrogen) atoms. The van der Waals surface area contributed by atoms with Gasteiger partial charge >= 0.3 is 5.82 Å². The molecule has 8 heteroatoms. The predicted octanol–water partition coefficient (Wildman–Crippen LogP) is 0.986. The fourth-order valence-electron chi connectivity index (χ4n) is 2.63. The van der Waals surface area contributed by atoms with Crippen LogP contribution in [-0.4, -0.2) is 23.0 Å². The van der Waals surface area contributed by atoms with Crippen molar-refractivity contribution in [2.24, 2.45) is 0 Å². The van der Waals surface area contributed by atoms with Crippen molar-refractivity contribution in [3.63, 3.8) is 0 Å². The van der Waals surface area contributed by atoms with Crippen LogP contribution in [0.4, 0.5) is 15.9 Å². The van der Waals surface area contributed by atoms with E-state index >= 15 is 0 Å². The maximum absolute atomic E-state index is 14.2. The minimum atomic E-state index is -0.555. The molecule has 2 aromatic rings. The summed E-state index contributed by atoms with van der Waals surface area (Å²) in [5, 5.41) is 18.8. The summed E-state index contributed by atoms with van der Waals surface area (Å²) in [6, 6.07) is 4.01. The van der Waals surface area contributed by atoms with Gasteiger partial charge in [-0.05, 0) is 12.8 Å². The average molecular weight is 290 g/mol. The molecule has 0 spiro atoms. The van der Waals surface area contributed by atoms with E-state index in [1.807, 2.05) is 4.90 Å². The van der Waals surface area contributed by atoms with E-state index in [2.05, 4.69) is 0 Å². The highest BCUT2D eigenvalue weighted by molar-refractivity contribution is 5.78. The SMILES string of the molecule is N#Cc1c(N)[n+](=O)c2cc(N3CCCC3)c(F)cc2n1O. The number of hydrogen-bond acceptors (Lipinski definition) is 5. The summed E-state index contributed by atoms with van der Waals surface area (Å²) in [4.78, 5) is 14.0. The zero-order valence-corrected chi connectivity index (χ0v) is 11.1. The first kappa shape index (κ1) is 13.2. The van der Waals surface area contributed by atoms with Gasteiger partial charge in [0, 0.05) is 29.6 Å². The molecule has 7 nitrogen and oxygen atoms in total. The van der Waals surface area contributed by atoms with Gasteiger partial charge in [-0.3, -0.25) is 5.73 Å². The van der Waals surface area contributed by atoms with Gasteiger partial charge in [-0.15, -0.1) is 0 Å². The van der Waals surface area contributed by atoms with E-state index in [1.165, 1.54) is 6.07 Å². The van der Waals surface area contributed by atoms with Crippen molar-refractivity contribution in [3.05, 3.63) is 28.6 Å². The third kappa shape index (κ3) is 1.86. The van der Waals surface area contributed by atoms with Crippen LogP contribution in [0.25, 0.3) is 11.0 Å². The van der Waals surface area contributed by atoms with Crippen LogP contribution in [0.1, 0.15) is 18.5 Å². The second-order valence-corrected chi connectivity index (χ2v) is 4.94. The molecule has 1 saturated heterocycles. The highest BCUT2D eigenvalue weighted by Crippen LogP contribution is 2.27. The maximum atomic E-state index is 14.2. The van der Waals surface area contributed by atoms with E-state index in [0.29, 0.717) is 27.9 Å². The topological polar surface area (TPSA) is 101 Å². The van der Waals surface area contributed by atoms with Gasteiger partial charge in [0.05, 0.1) is 5.69 Å². The number of hydrogen-bond donors (Lipinski definition) is 2. The molecule has 0 radical (unpaired) electrons. The molecule has 0 atom stereocenters. The standard InChI is InChI=1S/C13H13FN5O2/c14-8-5-10-11(6-9(8)17-3-1-2-4-17)19(21)13(16)12(7-15)18(10)20/h5-6,20H,1-4,16H2/q+1. The minimum Gasteiger partial charge on any atom is -0.427 e. The van der Waals surface area contributed by atoms with Crippen LogP contribution in [0.15, 0.2) is 12.1 Å². The molecule has 0 unspecified atom stereocenters. The Hall–Kier alpha value is -2.82. The number of halogens is 1. The number of anilines is 2. The summed E-state index contributed by atoms with van der Waals surface area (Å²) in [6.45, 7) is 1.43. The fourth-order valence-corrected chi connectivity index (χ4v) is 2.63. The van der Waals surface area contributed by atoms with Gasteiger partial charge in [-0.2, -0.15) is 9.99 Å². The molecule has 1 aliphatic rings. The molecule has 1 aromatic heterocycles. The Labute approximate surface area is 118 Å². The summed E-state index contributed by atoms with van der Waals surface area (Å²) in [6.07, 6.45) is 1.93. The van der Waals surface area contributed by atoms with E-state index in [-0.39, 0.29) is 11.0 Å². The lowest BCUT2D eigenvalue weighted by atomic mass is 10.2. The number of nitriles is 1. The number of benzene rings is 1. The van der Waals surface area contributed by atoms with Crippen LogP contribution in [0, 0.1) is 22.1 Å². The first-order valence-corrected chi connectivity index (χ1v) is 6.49. The number of fused-ring (bicyclic) bond motifs is 1. The number of aromatic nitrogens is 2. The molecule has 1 fully saturated rings. The van der Waals surface area contributed by atoms with Crippen molar-refractivity contribution in [1.82, 2.24) is 4.73 Å². The Kier molecular flexibility index (Phi) is 2.90. The van der Waals surface area contributed by atoms with Gasteiger partial charge < -0.3 is 10.1 Å². The fraction of sp³-hybridized carbons (Fsp3) is 0.308. The Morgan fingerprint density at radius 3 is 2.67 bits per heavy atom. The second-order valence-electron chi connectivity index (χ2n) is 4.94. The summed E-state index contributed by atoms with van der Waals surface area (Å²) in [5.41, 5.74) is 5.33. The van der Waals surface area contributed by atoms with Crippen molar-refractivity contribution in [1.29, 1.82) is 5.26 Å². The monoisotopic (exact) mass is 290 g/mol. The largest absolute Gasteiger partial charge is 0.427 e. The molecule has 3 rings (SSSR count). The van der Waals surface area contributed by atoms with Crippen molar-refractivity contribution in [2.75, 3.05) is 23.7 Å². The molecule has 0 amide bonds.